The predicted molar refractivity (Wildman–Crippen MR) is 158 cm³/mol. The fourth-order valence-electron chi connectivity index (χ4n) is 4.95. The Morgan fingerprint density at radius 3 is 2.50 bits per heavy atom. The van der Waals surface area contributed by atoms with E-state index in [9.17, 15) is 24.3 Å². The van der Waals surface area contributed by atoms with Crippen LogP contribution in [0.2, 0.25) is 0 Å². The minimum absolute atomic E-state index is 0.132. The Morgan fingerprint density at radius 2 is 1.90 bits per heavy atom. The fraction of sp³-hybridized carbons (Fsp3) is 0.484. The van der Waals surface area contributed by atoms with Crippen molar-refractivity contribution in [2.24, 2.45) is 17.6 Å². The van der Waals surface area contributed by atoms with E-state index in [1.807, 2.05) is 6.92 Å². The summed E-state index contributed by atoms with van der Waals surface area (Å²) in [7, 11) is 2.92. The number of allylic oxidation sites excluding steroid dienone is 4. The van der Waals surface area contributed by atoms with Crippen LogP contribution in [-0.2, 0) is 28.6 Å². The highest BCUT2D eigenvalue weighted by Gasteiger charge is 2.33. The Hall–Kier alpha value is -3.80. The molecule has 0 radical (unpaired) electrons. The van der Waals surface area contributed by atoms with Crippen molar-refractivity contribution in [2.45, 2.75) is 65.0 Å². The van der Waals surface area contributed by atoms with Crippen molar-refractivity contribution in [1.29, 1.82) is 0 Å². The maximum Gasteiger partial charge on any atom is 0.405 e. The summed E-state index contributed by atoms with van der Waals surface area (Å²) in [5, 5.41) is 16.7. The number of aliphatic hydroxyl groups excluding tert-OH is 1. The molecule has 11 heteroatoms. The minimum Gasteiger partial charge on any atom is -0.439 e. The number of hydrogen-bond acceptors (Lipinski definition) is 9. The van der Waals surface area contributed by atoms with Gasteiger partial charge in [-0.3, -0.25) is 14.4 Å². The van der Waals surface area contributed by atoms with Gasteiger partial charge in [-0.15, -0.1) is 6.58 Å². The number of nitrogens with two attached hydrogens (primary N) is 1. The summed E-state index contributed by atoms with van der Waals surface area (Å²) >= 11 is 0. The fourth-order valence-corrected chi connectivity index (χ4v) is 4.95. The topological polar surface area (TPSA) is 166 Å². The van der Waals surface area contributed by atoms with Crippen LogP contribution >= 0.6 is 0 Å². The van der Waals surface area contributed by atoms with Crippen LogP contribution in [0.5, 0.6) is 0 Å². The molecule has 1 aliphatic heterocycles. The number of amides is 2. The molecule has 5 N–H and O–H groups in total. The summed E-state index contributed by atoms with van der Waals surface area (Å²) < 4.78 is 16.6. The lowest BCUT2D eigenvalue weighted by molar-refractivity contribution is -0.120. The Kier molecular flexibility index (Phi) is 13.1. The third-order valence-electron chi connectivity index (χ3n) is 7.22. The second-order valence-corrected chi connectivity index (χ2v) is 10.6. The highest BCUT2D eigenvalue weighted by atomic mass is 16.6. The number of aliphatic hydroxyl groups is 1. The summed E-state index contributed by atoms with van der Waals surface area (Å²) in [5.74, 6) is -2.14. The molecule has 2 amide bonds. The van der Waals surface area contributed by atoms with Gasteiger partial charge in [-0.2, -0.15) is 0 Å². The largest absolute Gasteiger partial charge is 0.439 e. The molecular formula is C31H43N3O8. The number of ketones is 2. The van der Waals surface area contributed by atoms with Crippen LogP contribution in [0.3, 0.4) is 0 Å². The maximum absolute atomic E-state index is 13.5. The molecule has 2 rings (SSSR count). The van der Waals surface area contributed by atoms with Gasteiger partial charge in [-0.1, -0.05) is 44.2 Å². The van der Waals surface area contributed by atoms with E-state index >= 15 is 0 Å². The van der Waals surface area contributed by atoms with Crippen LogP contribution in [0.15, 0.2) is 71.1 Å². The number of carbonyl (C=O) groups is 4. The molecular weight excluding hydrogens is 542 g/mol. The molecule has 11 nitrogen and oxygen atoms in total. The average molecular weight is 586 g/mol. The van der Waals surface area contributed by atoms with Gasteiger partial charge in [0.25, 0.3) is 5.91 Å². The maximum atomic E-state index is 13.5. The van der Waals surface area contributed by atoms with Crippen LogP contribution in [0.25, 0.3) is 0 Å². The molecule has 0 unspecified atom stereocenters. The van der Waals surface area contributed by atoms with E-state index in [1.165, 1.54) is 20.3 Å². The Balaban J connectivity index is 2.62. The van der Waals surface area contributed by atoms with Crippen molar-refractivity contribution in [3.05, 3.63) is 71.1 Å². The molecule has 0 aromatic carbocycles. The molecule has 230 valence electrons. The number of rotatable bonds is 6. The van der Waals surface area contributed by atoms with Crippen molar-refractivity contribution < 1.29 is 38.5 Å². The lowest BCUT2D eigenvalue weighted by Gasteiger charge is -2.30. The molecule has 6 atom stereocenters. The number of hydrogen-bond donors (Lipinski definition) is 4. The highest BCUT2D eigenvalue weighted by Crippen LogP contribution is 2.28. The van der Waals surface area contributed by atoms with Crippen molar-refractivity contribution in [1.82, 2.24) is 10.6 Å². The lowest BCUT2D eigenvalue weighted by atomic mass is 9.85. The zero-order chi connectivity index (χ0) is 31.6. The number of ether oxygens (including phenoxy) is 3. The molecule has 0 aromatic heterocycles. The summed E-state index contributed by atoms with van der Waals surface area (Å²) in [6.45, 7) is 10.9. The van der Waals surface area contributed by atoms with Gasteiger partial charge in [0.15, 0.2) is 6.10 Å². The van der Waals surface area contributed by atoms with Crippen molar-refractivity contribution in [3.8, 4) is 0 Å². The molecule has 2 aliphatic rings. The molecule has 0 aromatic rings. The summed E-state index contributed by atoms with van der Waals surface area (Å²) in [6.07, 6.45) is 5.34. The first-order chi connectivity index (χ1) is 19.8. The monoisotopic (exact) mass is 585 g/mol. The van der Waals surface area contributed by atoms with Crippen LogP contribution in [0.4, 0.5) is 4.79 Å². The lowest BCUT2D eigenvalue weighted by Crippen LogP contribution is -2.37. The third-order valence-corrected chi connectivity index (χ3v) is 7.22. The Bertz CT molecular complexity index is 1210. The second kappa shape index (κ2) is 16.0. The van der Waals surface area contributed by atoms with E-state index < -0.39 is 53.9 Å². The Labute approximate surface area is 247 Å². The van der Waals surface area contributed by atoms with Gasteiger partial charge in [-0.25, -0.2) is 4.79 Å². The normalized spacial score (nSPS) is 28.4. The first-order valence-electron chi connectivity index (χ1n) is 13.8. The zero-order valence-corrected chi connectivity index (χ0v) is 25.1. The molecule has 2 bridgehead atoms. The number of primary amides is 1. The van der Waals surface area contributed by atoms with E-state index in [2.05, 4.69) is 17.2 Å². The molecule has 42 heavy (non-hydrogen) atoms. The van der Waals surface area contributed by atoms with Crippen molar-refractivity contribution in [3.63, 3.8) is 0 Å². The van der Waals surface area contributed by atoms with Gasteiger partial charge in [0.2, 0.25) is 11.6 Å². The molecule has 0 spiro atoms. The SMILES string of the molecule is C=CCNC1=C2C[C@H](C)C[C@H](OC)[C@H](O)[C@@H](C)C=C(C)[C@@H](OC(N)=O)[C@H](OC)C=CC=C(C)C(=O)NC(=CC1=O)C2=O. The third kappa shape index (κ3) is 9.10. The number of methoxy groups -OCH3 is 2. The number of Topliss-reactive ketones (excluding diaryl/α,β-unsaturated/α-hetero) is 1. The zero-order valence-electron chi connectivity index (χ0n) is 25.1. The van der Waals surface area contributed by atoms with Gasteiger partial charge in [0.05, 0.1) is 23.6 Å². The molecule has 1 heterocycles. The van der Waals surface area contributed by atoms with Gasteiger partial charge in [-0.05, 0) is 38.2 Å². The van der Waals surface area contributed by atoms with E-state index in [4.69, 9.17) is 19.9 Å². The first kappa shape index (κ1) is 34.4. The van der Waals surface area contributed by atoms with Gasteiger partial charge in [0, 0.05) is 43.9 Å². The highest BCUT2D eigenvalue weighted by molar-refractivity contribution is 6.23. The van der Waals surface area contributed by atoms with Crippen LogP contribution in [0, 0.1) is 11.8 Å². The smallest absolute Gasteiger partial charge is 0.405 e. The molecule has 0 saturated carbocycles. The summed E-state index contributed by atoms with van der Waals surface area (Å²) in [6, 6.07) is 0. The second-order valence-electron chi connectivity index (χ2n) is 10.6. The minimum atomic E-state index is -1.00. The van der Waals surface area contributed by atoms with E-state index in [1.54, 1.807) is 45.1 Å². The number of nitrogens with one attached hydrogen (secondary N) is 2. The van der Waals surface area contributed by atoms with Crippen LogP contribution in [0.1, 0.15) is 40.5 Å². The van der Waals surface area contributed by atoms with E-state index in [0.717, 1.165) is 6.08 Å². The number of carbonyl (C=O) groups excluding carboxylic acids is 4. The molecule has 0 saturated heterocycles. The molecule has 0 fully saturated rings. The van der Waals surface area contributed by atoms with Crippen molar-refractivity contribution >= 4 is 23.6 Å². The number of fused-ring (bicyclic) bond motifs is 2. The van der Waals surface area contributed by atoms with E-state index in [-0.39, 0.29) is 41.4 Å². The van der Waals surface area contributed by atoms with E-state index in [0.29, 0.717) is 12.0 Å². The molecule has 1 aliphatic carbocycles. The quantitative estimate of drug-likeness (QED) is 0.271. The Morgan fingerprint density at radius 1 is 1.21 bits per heavy atom. The first-order valence-corrected chi connectivity index (χ1v) is 13.8. The summed E-state index contributed by atoms with van der Waals surface area (Å²) in [5.41, 5.74) is 6.42. The summed E-state index contributed by atoms with van der Waals surface area (Å²) in [4.78, 5) is 51.3. The van der Waals surface area contributed by atoms with Gasteiger partial charge in [0.1, 0.15) is 6.10 Å². The van der Waals surface area contributed by atoms with Gasteiger partial charge < -0.3 is 35.7 Å². The van der Waals surface area contributed by atoms with Crippen molar-refractivity contribution in [2.75, 3.05) is 20.8 Å². The van der Waals surface area contributed by atoms with Crippen LogP contribution < -0.4 is 16.4 Å². The predicted octanol–water partition coefficient (Wildman–Crippen LogP) is 2.54. The standard InChI is InChI=1S/C31H43N3O8/c1-8-12-33-26-21-13-17(2)14-25(41-7)27(36)19(4)15-20(5)29(42-31(32)39)24(40-6)11-9-10-18(3)30(38)34-22(28(21)37)16-23(26)35/h8-11,15-17,19,24-25,27,29,33,36H,1,12-14H2,2-7H3,(H2,32,39)(H,34,38)/t17-,19-,24+,25-,27+,29+/m0/s1. The van der Waals surface area contributed by atoms with Crippen LogP contribution in [-0.4, -0.2) is 73.9 Å². The average Bonchev–Trinajstić information content (AvgIpc) is 2.94. The van der Waals surface area contributed by atoms with Gasteiger partial charge >= 0.3 is 6.09 Å².